The minimum atomic E-state index is -0.741. The molecule has 1 aromatic carbocycles. The SMILES string of the molecule is CCCCCC(=O)Nc1ccc(C(=O)COC(=O)c2cc(C)no2)cc1. The van der Waals surface area contributed by atoms with E-state index in [9.17, 15) is 14.4 Å². The number of rotatable bonds is 9. The number of hydrogen-bond donors (Lipinski definition) is 1. The summed E-state index contributed by atoms with van der Waals surface area (Å²) in [5.41, 5.74) is 1.56. The van der Waals surface area contributed by atoms with Crippen molar-refractivity contribution in [2.75, 3.05) is 11.9 Å². The maximum atomic E-state index is 12.1. The smallest absolute Gasteiger partial charge is 0.377 e. The highest BCUT2D eigenvalue weighted by molar-refractivity contribution is 5.99. The number of unbranched alkanes of at least 4 members (excludes halogenated alkanes) is 2. The number of hydrogen-bond acceptors (Lipinski definition) is 6. The molecule has 0 aliphatic carbocycles. The molecular weight excluding hydrogens is 336 g/mol. The van der Waals surface area contributed by atoms with Gasteiger partial charge in [-0.3, -0.25) is 9.59 Å². The summed E-state index contributed by atoms with van der Waals surface area (Å²) in [7, 11) is 0. The normalized spacial score (nSPS) is 10.4. The molecule has 0 aliphatic heterocycles. The standard InChI is InChI=1S/C19H22N2O5/c1-3-4-5-6-18(23)20-15-9-7-14(8-10-15)16(22)12-25-19(24)17-11-13(2)21-26-17/h7-11H,3-6,12H2,1-2H3,(H,20,23). The molecule has 0 saturated heterocycles. The lowest BCUT2D eigenvalue weighted by Gasteiger charge is -2.06. The molecule has 0 saturated carbocycles. The van der Waals surface area contributed by atoms with Crippen LogP contribution < -0.4 is 5.32 Å². The van der Waals surface area contributed by atoms with Gasteiger partial charge in [0.25, 0.3) is 0 Å². The molecule has 0 aliphatic rings. The molecule has 2 aromatic rings. The Labute approximate surface area is 151 Å². The van der Waals surface area contributed by atoms with Crippen molar-refractivity contribution in [1.29, 1.82) is 0 Å². The minimum absolute atomic E-state index is 0.0450. The molecule has 0 bridgehead atoms. The number of Topliss-reactive ketones (excluding diaryl/α,β-unsaturated/α-hetero) is 1. The van der Waals surface area contributed by atoms with Gasteiger partial charge >= 0.3 is 5.97 Å². The van der Waals surface area contributed by atoms with Gasteiger partial charge in [-0.15, -0.1) is 0 Å². The Morgan fingerprint density at radius 1 is 1.15 bits per heavy atom. The van der Waals surface area contributed by atoms with Crippen LogP contribution in [0.3, 0.4) is 0 Å². The van der Waals surface area contributed by atoms with Crippen LogP contribution in [0.15, 0.2) is 34.9 Å². The Morgan fingerprint density at radius 2 is 1.88 bits per heavy atom. The summed E-state index contributed by atoms with van der Waals surface area (Å²) in [6, 6.07) is 7.89. The first-order valence-electron chi connectivity index (χ1n) is 8.53. The highest BCUT2D eigenvalue weighted by Crippen LogP contribution is 2.12. The van der Waals surface area contributed by atoms with E-state index < -0.39 is 12.6 Å². The van der Waals surface area contributed by atoms with E-state index in [1.807, 2.05) is 0 Å². The van der Waals surface area contributed by atoms with E-state index in [0.717, 1.165) is 19.3 Å². The quantitative estimate of drug-likeness (QED) is 0.418. The fourth-order valence-corrected chi connectivity index (χ4v) is 2.24. The number of anilines is 1. The fraction of sp³-hybridized carbons (Fsp3) is 0.368. The zero-order valence-electron chi connectivity index (χ0n) is 14.9. The first-order chi connectivity index (χ1) is 12.5. The first-order valence-corrected chi connectivity index (χ1v) is 8.53. The van der Waals surface area contributed by atoms with Gasteiger partial charge in [0.1, 0.15) is 0 Å². The lowest BCUT2D eigenvalue weighted by atomic mass is 10.1. The lowest BCUT2D eigenvalue weighted by molar-refractivity contribution is -0.116. The number of amides is 1. The molecule has 1 N–H and O–H groups in total. The van der Waals surface area contributed by atoms with Crippen molar-refractivity contribution >= 4 is 23.3 Å². The van der Waals surface area contributed by atoms with Gasteiger partial charge in [-0.25, -0.2) is 4.79 Å². The third-order valence-corrected chi connectivity index (χ3v) is 3.66. The van der Waals surface area contributed by atoms with Crippen LogP contribution in [-0.4, -0.2) is 29.4 Å². The van der Waals surface area contributed by atoms with Gasteiger partial charge in [0.05, 0.1) is 5.69 Å². The van der Waals surface area contributed by atoms with Crippen molar-refractivity contribution in [3.8, 4) is 0 Å². The molecule has 7 heteroatoms. The average molecular weight is 358 g/mol. The van der Waals surface area contributed by atoms with Crippen molar-refractivity contribution in [3.63, 3.8) is 0 Å². The minimum Gasteiger partial charge on any atom is -0.451 e. The summed E-state index contributed by atoms with van der Waals surface area (Å²) in [4.78, 5) is 35.6. The number of nitrogens with zero attached hydrogens (tertiary/aromatic N) is 1. The summed E-state index contributed by atoms with van der Waals surface area (Å²) in [6.45, 7) is 3.36. The van der Waals surface area contributed by atoms with Crippen molar-refractivity contribution in [2.24, 2.45) is 0 Å². The third-order valence-electron chi connectivity index (χ3n) is 3.66. The summed E-state index contributed by atoms with van der Waals surface area (Å²) < 4.78 is 9.69. The molecule has 138 valence electrons. The third kappa shape index (κ3) is 5.84. The number of ketones is 1. The van der Waals surface area contributed by atoms with E-state index in [4.69, 9.17) is 9.26 Å². The summed E-state index contributed by atoms with van der Waals surface area (Å²) >= 11 is 0. The fourth-order valence-electron chi connectivity index (χ4n) is 2.24. The number of carbonyl (C=O) groups is 3. The van der Waals surface area contributed by atoms with E-state index >= 15 is 0 Å². The predicted octanol–water partition coefficient (Wildman–Crippen LogP) is 3.54. The molecule has 1 amide bonds. The summed E-state index contributed by atoms with van der Waals surface area (Å²) in [6.07, 6.45) is 3.42. The molecule has 7 nitrogen and oxygen atoms in total. The summed E-state index contributed by atoms with van der Waals surface area (Å²) in [5, 5.41) is 6.37. The number of ether oxygens (including phenoxy) is 1. The maximum absolute atomic E-state index is 12.1. The van der Waals surface area contributed by atoms with Gasteiger partial charge in [0.15, 0.2) is 12.4 Å². The van der Waals surface area contributed by atoms with Gasteiger partial charge in [-0.1, -0.05) is 24.9 Å². The number of aromatic nitrogens is 1. The largest absolute Gasteiger partial charge is 0.451 e. The zero-order chi connectivity index (χ0) is 18.9. The van der Waals surface area contributed by atoms with Crippen LogP contribution in [0.2, 0.25) is 0 Å². The predicted molar refractivity (Wildman–Crippen MR) is 95.1 cm³/mol. The van der Waals surface area contributed by atoms with E-state index in [0.29, 0.717) is 23.4 Å². The van der Waals surface area contributed by atoms with Crippen molar-refractivity contribution < 1.29 is 23.6 Å². The zero-order valence-corrected chi connectivity index (χ0v) is 14.9. The van der Waals surface area contributed by atoms with Crippen molar-refractivity contribution in [3.05, 3.63) is 47.3 Å². The average Bonchev–Trinajstić information content (AvgIpc) is 3.07. The van der Waals surface area contributed by atoms with E-state index in [1.54, 1.807) is 31.2 Å². The highest BCUT2D eigenvalue weighted by atomic mass is 16.6. The van der Waals surface area contributed by atoms with Gasteiger partial charge in [-0.2, -0.15) is 0 Å². The highest BCUT2D eigenvalue weighted by Gasteiger charge is 2.16. The second-order valence-electron chi connectivity index (χ2n) is 5.91. The van der Waals surface area contributed by atoms with Gasteiger partial charge in [-0.05, 0) is 37.6 Å². The Hall–Kier alpha value is -2.96. The molecule has 26 heavy (non-hydrogen) atoms. The number of carbonyl (C=O) groups excluding carboxylic acids is 3. The number of benzene rings is 1. The number of nitrogens with one attached hydrogen (secondary N) is 1. The van der Waals surface area contributed by atoms with Crippen LogP contribution in [0.1, 0.15) is 59.2 Å². The molecule has 0 radical (unpaired) electrons. The number of esters is 1. The van der Waals surface area contributed by atoms with Crippen LogP contribution in [0.25, 0.3) is 0 Å². The van der Waals surface area contributed by atoms with Gasteiger partial charge < -0.3 is 14.6 Å². The lowest BCUT2D eigenvalue weighted by Crippen LogP contribution is -2.14. The molecule has 1 aromatic heterocycles. The molecule has 2 rings (SSSR count). The molecular formula is C19H22N2O5. The molecule has 1 heterocycles. The number of aryl methyl sites for hydroxylation is 1. The molecule has 0 fully saturated rings. The van der Waals surface area contributed by atoms with E-state index in [2.05, 4.69) is 17.4 Å². The van der Waals surface area contributed by atoms with Crippen LogP contribution in [0.5, 0.6) is 0 Å². The Balaban J connectivity index is 1.82. The van der Waals surface area contributed by atoms with E-state index in [-0.39, 0.29) is 17.5 Å². The summed E-state index contributed by atoms with van der Waals surface area (Å²) in [5.74, 6) is -1.18. The second kappa shape index (κ2) is 9.50. The first kappa shape index (κ1) is 19.4. The molecule has 0 unspecified atom stereocenters. The van der Waals surface area contributed by atoms with Crippen LogP contribution in [0, 0.1) is 6.92 Å². The Morgan fingerprint density at radius 3 is 2.50 bits per heavy atom. The van der Waals surface area contributed by atoms with Gasteiger partial charge in [0.2, 0.25) is 11.7 Å². The Bertz CT molecular complexity index is 764. The molecule has 0 atom stereocenters. The van der Waals surface area contributed by atoms with Crippen molar-refractivity contribution in [1.82, 2.24) is 5.16 Å². The topological polar surface area (TPSA) is 98.5 Å². The van der Waals surface area contributed by atoms with Crippen LogP contribution in [-0.2, 0) is 9.53 Å². The monoisotopic (exact) mass is 358 g/mol. The van der Waals surface area contributed by atoms with Crippen LogP contribution in [0.4, 0.5) is 5.69 Å². The van der Waals surface area contributed by atoms with Crippen molar-refractivity contribution in [2.45, 2.75) is 39.5 Å². The van der Waals surface area contributed by atoms with Gasteiger partial charge in [0, 0.05) is 23.7 Å². The second-order valence-corrected chi connectivity index (χ2v) is 5.91. The Kier molecular flexibility index (Phi) is 7.08. The maximum Gasteiger partial charge on any atom is 0.377 e. The van der Waals surface area contributed by atoms with E-state index in [1.165, 1.54) is 6.07 Å². The molecule has 0 spiro atoms. The van der Waals surface area contributed by atoms with Crippen LogP contribution >= 0.6 is 0 Å².